The average Bonchev–Trinajstić information content (AvgIpc) is 2.64. The fourth-order valence-electron chi connectivity index (χ4n) is 0.932. The van der Waals surface area contributed by atoms with Crippen molar-refractivity contribution in [3.8, 4) is 5.82 Å². The Morgan fingerprint density at radius 3 is 2.58 bits per heavy atom. The molecule has 0 aliphatic carbocycles. The van der Waals surface area contributed by atoms with Crippen LogP contribution < -0.4 is 5.73 Å². The highest BCUT2D eigenvalue weighted by Crippen LogP contribution is 2.15. The van der Waals surface area contributed by atoms with Gasteiger partial charge in [-0.3, -0.25) is 9.67 Å². The van der Waals surface area contributed by atoms with Crippen LogP contribution in [0.25, 0.3) is 5.82 Å². The molecule has 0 aliphatic rings. The maximum Gasteiger partial charge on any atom is 0.184 e. The zero-order valence-corrected chi connectivity index (χ0v) is 6.52. The third-order valence-electron chi connectivity index (χ3n) is 1.64. The van der Waals surface area contributed by atoms with Gasteiger partial charge in [0.05, 0.1) is 11.4 Å². The Balaban J connectivity index is 2.55. The van der Waals surface area contributed by atoms with Crippen molar-refractivity contribution in [3.05, 3.63) is 18.3 Å². The Morgan fingerprint density at radius 2 is 2.08 bits per heavy atom. The zero-order valence-electron chi connectivity index (χ0n) is 6.52. The molecule has 0 aliphatic heterocycles. The van der Waals surface area contributed by atoms with E-state index in [1.807, 2.05) is 6.92 Å². The molecule has 0 aromatic carbocycles. The maximum absolute atomic E-state index is 5.72. The molecule has 2 aromatic rings. The number of aromatic amines is 1. The minimum Gasteiger partial charge on any atom is -0.394 e. The van der Waals surface area contributed by atoms with Crippen molar-refractivity contribution in [1.29, 1.82) is 0 Å². The Kier molecular flexibility index (Phi) is 1.33. The number of aryl methyl sites for hydroxylation is 1. The molecule has 2 heterocycles. The van der Waals surface area contributed by atoms with Gasteiger partial charge in [-0.15, -0.1) is 10.2 Å². The summed E-state index contributed by atoms with van der Waals surface area (Å²) in [4.78, 5) is 0. The van der Waals surface area contributed by atoms with E-state index in [2.05, 4.69) is 20.4 Å². The van der Waals surface area contributed by atoms with Crippen molar-refractivity contribution in [2.24, 2.45) is 0 Å². The van der Waals surface area contributed by atoms with Crippen molar-refractivity contribution in [3.63, 3.8) is 0 Å². The van der Waals surface area contributed by atoms with Gasteiger partial charge in [-0.2, -0.15) is 5.10 Å². The van der Waals surface area contributed by atoms with Gasteiger partial charge in [0.25, 0.3) is 0 Å². The van der Waals surface area contributed by atoms with Crippen LogP contribution in [-0.4, -0.2) is 25.0 Å². The number of nitrogens with two attached hydrogens (primary N) is 1. The number of hydrogen-bond acceptors (Lipinski definition) is 4. The van der Waals surface area contributed by atoms with Crippen molar-refractivity contribution < 1.29 is 0 Å². The third-order valence-corrected chi connectivity index (χ3v) is 1.64. The first-order valence-electron chi connectivity index (χ1n) is 3.44. The summed E-state index contributed by atoms with van der Waals surface area (Å²) < 4.78 is 1.65. The molecule has 62 valence electrons. The van der Waals surface area contributed by atoms with E-state index in [0.29, 0.717) is 11.5 Å². The molecule has 0 radical (unpaired) electrons. The van der Waals surface area contributed by atoms with Crippen LogP contribution in [0.15, 0.2) is 12.7 Å². The van der Waals surface area contributed by atoms with Gasteiger partial charge in [0.1, 0.15) is 12.7 Å². The highest BCUT2D eigenvalue weighted by Gasteiger charge is 2.07. The summed E-state index contributed by atoms with van der Waals surface area (Å²) in [6.07, 6.45) is 3.10. The van der Waals surface area contributed by atoms with Crippen molar-refractivity contribution in [2.45, 2.75) is 6.92 Å². The summed E-state index contributed by atoms with van der Waals surface area (Å²) in [5.74, 6) is 0.637. The van der Waals surface area contributed by atoms with E-state index in [1.165, 1.54) is 0 Å². The van der Waals surface area contributed by atoms with Crippen LogP contribution in [0.5, 0.6) is 0 Å². The van der Waals surface area contributed by atoms with Gasteiger partial charge < -0.3 is 5.73 Å². The Hall–Kier alpha value is -1.85. The van der Waals surface area contributed by atoms with E-state index in [9.17, 15) is 0 Å². The normalized spacial score (nSPS) is 10.4. The number of hydrogen-bond donors (Lipinski definition) is 2. The van der Waals surface area contributed by atoms with Gasteiger partial charge in [0.2, 0.25) is 0 Å². The number of nitrogens with one attached hydrogen (secondary N) is 1. The first-order chi connectivity index (χ1) is 5.79. The summed E-state index contributed by atoms with van der Waals surface area (Å²) in [5.41, 5.74) is 7.19. The lowest BCUT2D eigenvalue weighted by molar-refractivity contribution is 0.947. The lowest BCUT2D eigenvalue weighted by Crippen LogP contribution is -1.96. The fraction of sp³-hybridized carbons (Fsp3) is 0.167. The predicted octanol–water partition coefficient (Wildman–Crippen LogP) is -0.119. The second-order valence-corrected chi connectivity index (χ2v) is 2.46. The topological polar surface area (TPSA) is 85.4 Å². The number of rotatable bonds is 1. The lowest BCUT2D eigenvalue weighted by atomic mass is 10.4. The number of nitrogen functional groups attached to an aromatic ring is 1. The molecule has 0 fully saturated rings. The highest BCUT2D eigenvalue weighted by atomic mass is 15.3. The monoisotopic (exact) mass is 164 g/mol. The van der Waals surface area contributed by atoms with Crippen molar-refractivity contribution >= 4 is 5.69 Å². The molecule has 0 spiro atoms. The molecule has 0 amide bonds. The summed E-state index contributed by atoms with van der Waals surface area (Å²) in [5, 5.41) is 14.1. The molecule has 12 heavy (non-hydrogen) atoms. The van der Waals surface area contributed by atoms with Gasteiger partial charge in [-0.25, -0.2) is 0 Å². The van der Waals surface area contributed by atoms with Crippen molar-refractivity contribution in [1.82, 2.24) is 25.0 Å². The van der Waals surface area contributed by atoms with Gasteiger partial charge in [0.15, 0.2) is 5.82 Å². The van der Waals surface area contributed by atoms with Crippen LogP contribution in [0, 0.1) is 6.92 Å². The minimum atomic E-state index is 0.620. The maximum atomic E-state index is 5.72. The van der Waals surface area contributed by atoms with Gasteiger partial charge >= 0.3 is 0 Å². The predicted molar refractivity (Wildman–Crippen MR) is 42.7 cm³/mol. The van der Waals surface area contributed by atoms with Crippen LogP contribution in [0.3, 0.4) is 0 Å². The second-order valence-electron chi connectivity index (χ2n) is 2.46. The molecule has 2 aromatic heterocycles. The molecule has 0 unspecified atom stereocenters. The first kappa shape index (κ1) is 6.84. The van der Waals surface area contributed by atoms with Crippen LogP contribution in [0.2, 0.25) is 0 Å². The number of anilines is 1. The van der Waals surface area contributed by atoms with Gasteiger partial charge in [-0.1, -0.05) is 0 Å². The fourth-order valence-corrected chi connectivity index (χ4v) is 0.932. The lowest BCUT2D eigenvalue weighted by Gasteiger charge is -1.95. The van der Waals surface area contributed by atoms with E-state index in [1.54, 1.807) is 17.2 Å². The quantitative estimate of drug-likeness (QED) is 0.615. The molecule has 3 N–H and O–H groups in total. The van der Waals surface area contributed by atoms with Gasteiger partial charge in [-0.05, 0) is 6.92 Å². The standard InChI is InChI=1S/C6H8N6/c1-4-5(7)6(11-10-4)12-2-8-9-3-12/h2-3H,7H2,1H3,(H,10,11). The summed E-state index contributed by atoms with van der Waals surface area (Å²) in [7, 11) is 0. The Labute approximate surface area is 68.4 Å². The smallest absolute Gasteiger partial charge is 0.184 e. The zero-order chi connectivity index (χ0) is 8.55. The molecule has 0 saturated heterocycles. The molecular formula is C6H8N6. The molecule has 0 saturated carbocycles. The summed E-state index contributed by atoms with van der Waals surface area (Å²) in [6.45, 7) is 1.86. The van der Waals surface area contributed by atoms with E-state index < -0.39 is 0 Å². The molecular weight excluding hydrogens is 156 g/mol. The Bertz CT molecular complexity index is 373. The summed E-state index contributed by atoms with van der Waals surface area (Å²) >= 11 is 0. The van der Waals surface area contributed by atoms with Crippen molar-refractivity contribution in [2.75, 3.05) is 5.73 Å². The number of H-pyrrole nitrogens is 1. The molecule has 2 rings (SSSR count). The van der Waals surface area contributed by atoms with Crippen LogP contribution >= 0.6 is 0 Å². The molecule has 6 heteroatoms. The molecule has 0 bridgehead atoms. The van der Waals surface area contributed by atoms with E-state index in [-0.39, 0.29) is 0 Å². The third kappa shape index (κ3) is 0.849. The second kappa shape index (κ2) is 2.33. The van der Waals surface area contributed by atoms with Crippen LogP contribution in [0.4, 0.5) is 5.69 Å². The summed E-state index contributed by atoms with van der Waals surface area (Å²) in [6, 6.07) is 0. The average molecular weight is 164 g/mol. The molecule has 0 atom stereocenters. The van der Waals surface area contributed by atoms with Gasteiger partial charge in [0, 0.05) is 0 Å². The minimum absolute atomic E-state index is 0.620. The number of nitrogens with zero attached hydrogens (tertiary/aromatic N) is 4. The number of aromatic nitrogens is 5. The molecule has 6 nitrogen and oxygen atoms in total. The largest absolute Gasteiger partial charge is 0.394 e. The van der Waals surface area contributed by atoms with E-state index >= 15 is 0 Å². The first-order valence-corrected chi connectivity index (χ1v) is 3.44. The SMILES string of the molecule is Cc1[nH]nc(-n2cnnc2)c1N. The van der Waals surface area contributed by atoms with E-state index in [4.69, 9.17) is 5.73 Å². The van der Waals surface area contributed by atoms with Crippen LogP contribution in [0.1, 0.15) is 5.69 Å². The van der Waals surface area contributed by atoms with Crippen LogP contribution in [-0.2, 0) is 0 Å². The van der Waals surface area contributed by atoms with E-state index in [0.717, 1.165) is 5.69 Å². The highest BCUT2D eigenvalue weighted by molar-refractivity contribution is 5.55. The Morgan fingerprint density at radius 1 is 1.42 bits per heavy atom.